The number of hydrogen-bond donors (Lipinski definition) is 1. The van der Waals surface area contributed by atoms with Gasteiger partial charge in [-0.05, 0) is 48.2 Å². The van der Waals surface area contributed by atoms with Crippen molar-refractivity contribution >= 4 is 11.6 Å². The summed E-state index contributed by atoms with van der Waals surface area (Å²) in [6.45, 7) is 1.66. The van der Waals surface area contributed by atoms with Gasteiger partial charge in [-0.15, -0.1) is 8.78 Å². The average molecular weight is 465 g/mol. The number of hydrogen-bond acceptors (Lipinski definition) is 5. The van der Waals surface area contributed by atoms with E-state index in [0.29, 0.717) is 50.3 Å². The molecule has 2 atom stereocenters. The lowest BCUT2D eigenvalue weighted by Crippen LogP contribution is -2.50. The van der Waals surface area contributed by atoms with E-state index in [2.05, 4.69) is 9.47 Å². The normalized spacial score (nSPS) is 21.8. The van der Waals surface area contributed by atoms with Crippen molar-refractivity contribution in [3.63, 3.8) is 0 Å². The molecular weight excluding hydrogens is 442 g/mol. The third kappa shape index (κ3) is 4.07. The second-order valence-corrected chi connectivity index (χ2v) is 8.62. The maximum absolute atomic E-state index is 13.7. The first kappa shape index (κ1) is 21.8. The van der Waals surface area contributed by atoms with Crippen LogP contribution >= 0.6 is 0 Å². The van der Waals surface area contributed by atoms with Crippen LogP contribution in [-0.2, 0) is 11.2 Å². The molecule has 1 saturated heterocycles. The number of fused-ring (bicyclic) bond motifs is 2. The number of carbonyl (C=O) groups excluding carboxylic acids is 1. The van der Waals surface area contributed by atoms with Gasteiger partial charge in [0.1, 0.15) is 0 Å². The molecule has 0 unspecified atom stereocenters. The standard InChI is InChI=1S/C23H23F4N3O3/c24-16-10-13-4-5-14(15(13)11-17(16)25)18(28)12-21(31)30-8-6-29(7-9-30)19-2-1-3-20-22(19)33-23(26,27)32-20/h1-3,10-11,14,18H,4-9,12,28H2/t14-,18-/m0/s1. The van der Waals surface area contributed by atoms with Crippen LogP contribution in [-0.4, -0.2) is 49.3 Å². The van der Waals surface area contributed by atoms with E-state index in [9.17, 15) is 22.4 Å². The molecule has 10 heteroatoms. The number of rotatable bonds is 4. The minimum absolute atomic E-state index is 0.00661. The molecule has 0 aromatic heterocycles. The summed E-state index contributed by atoms with van der Waals surface area (Å²) in [5, 5.41) is 0. The van der Waals surface area contributed by atoms with E-state index in [1.807, 2.05) is 4.90 Å². The molecule has 2 aromatic rings. The van der Waals surface area contributed by atoms with Gasteiger partial charge < -0.3 is 25.0 Å². The van der Waals surface area contributed by atoms with Gasteiger partial charge in [-0.3, -0.25) is 4.79 Å². The van der Waals surface area contributed by atoms with Crippen LogP contribution in [0.25, 0.3) is 0 Å². The molecule has 6 nitrogen and oxygen atoms in total. The Balaban J connectivity index is 1.20. The molecule has 2 heterocycles. The van der Waals surface area contributed by atoms with Crippen molar-refractivity contribution in [3.8, 4) is 11.5 Å². The molecule has 5 rings (SSSR count). The molecule has 0 radical (unpaired) electrons. The predicted octanol–water partition coefficient (Wildman–Crippen LogP) is 3.38. The van der Waals surface area contributed by atoms with Gasteiger partial charge in [-0.2, -0.15) is 0 Å². The van der Waals surface area contributed by atoms with Crippen LogP contribution in [0.3, 0.4) is 0 Å². The number of nitrogens with two attached hydrogens (primary N) is 1. The number of benzene rings is 2. The van der Waals surface area contributed by atoms with Crippen LogP contribution in [0.5, 0.6) is 11.5 Å². The first-order valence-corrected chi connectivity index (χ1v) is 10.9. The second-order valence-electron chi connectivity index (χ2n) is 8.62. The Morgan fingerprint density at radius 2 is 1.85 bits per heavy atom. The molecule has 2 N–H and O–H groups in total. The Labute approximate surface area is 187 Å². The zero-order chi connectivity index (χ0) is 23.3. The Morgan fingerprint density at radius 1 is 1.12 bits per heavy atom. The van der Waals surface area contributed by atoms with E-state index in [0.717, 1.165) is 5.56 Å². The average Bonchev–Trinajstić information content (AvgIpc) is 3.32. The fourth-order valence-corrected chi connectivity index (χ4v) is 4.95. The van der Waals surface area contributed by atoms with Crippen LogP contribution in [0, 0.1) is 11.6 Å². The van der Waals surface area contributed by atoms with Crippen molar-refractivity contribution < 1.29 is 31.8 Å². The fourth-order valence-electron chi connectivity index (χ4n) is 4.95. The number of ether oxygens (including phenoxy) is 2. The summed E-state index contributed by atoms with van der Waals surface area (Å²) in [5.41, 5.74) is 8.23. The number of para-hydroxylation sites is 1. The number of aryl methyl sites for hydroxylation is 1. The lowest BCUT2D eigenvalue weighted by Gasteiger charge is -2.37. The third-order valence-corrected chi connectivity index (χ3v) is 6.61. The highest BCUT2D eigenvalue weighted by Crippen LogP contribution is 2.47. The lowest BCUT2D eigenvalue weighted by atomic mass is 9.91. The number of alkyl halides is 2. The maximum atomic E-state index is 13.7. The van der Waals surface area contributed by atoms with Crippen LogP contribution in [0.15, 0.2) is 30.3 Å². The summed E-state index contributed by atoms with van der Waals surface area (Å²) in [7, 11) is 0. The van der Waals surface area contributed by atoms with Crippen LogP contribution < -0.4 is 20.1 Å². The number of piperazine rings is 1. The Morgan fingerprint density at radius 3 is 2.61 bits per heavy atom. The highest BCUT2D eigenvalue weighted by Gasteiger charge is 2.45. The fraction of sp³-hybridized carbons (Fsp3) is 0.435. The van der Waals surface area contributed by atoms with Gasteiger partial charge in [0.25, 0.3) is 0 Å². The maximum Gasteiger partial charge on any atom is 0.586 e. The van der Waals surface area contributed by atoms with Gasteiger partial charge in [-0.1, -0.05) is 6.07 Å². The number of halogens is 4. The molecule has 0 saturated carbocycles. The minimum Gasteiger partial charge on any atom is -0.395 e. The summed E-state index contributed by atoms with van der Waals surface area (Å²) in [6.07, 6.45) is -2.36. The Kier molecular flexibility index (Phi) is 5.35. The smallest absolute Gasteiger partial charge is 0.395 e. The highest BCUT2D eigenvalue weighted by molar-refractivity contribution is 5.77. The molecule has 1 amide bonds. The zero-order valence-corrected chi connectivity index (χ0v) is 17.7. The van der Waals surface area contributed by atoms with Crippen molar-refractivity contribution in [1.29, 1.82) is 0 Å². The van der Waals surface area contributed by atoms with E-state index >= 15 is 0 Å². The Hall–Kier alpha value is -3.01. The highest BCUT2D eigenvalue weighted by atomic mass is 19.3. The quantitative estimate of drug-likeness (QED) is 0.702. The van der Waals surface area contributed by atoms with Gasteiger partial charge in [0.2, 0.25) is 5.91 Å². The first-order valence-electron chi connectivity index (χ1n) is 10.9. The number of amides is 1. The monoisotopic (exact) mass is 465 g/mol. The largest absolute Gasteiger partial charge is 0.586 e. The molecular formula is C23H23F4N3O3. The minimum atomic E-state index is -3.69. The third-order valence-electron chi connectivity index (χ3n) is 6.61. The molecule has 0 bridgehead atoms. The first-order chi connectivity index (χ1) is 15.7. The van der Waals surface area contributed by atoms with Gasteiger partial charge in [0, 0.05) is 44.6 Å². The summed E-state index contributed by atoms with van der Waals surface area (Å²) >= 11 is 0. The molecule has 2 aliphatic heterocycles. The van der Waals surface area contributed by atoms with E-state index in [1.54, 1.807) is 17.0 Å². The zero-order valence-electron chi connectivity index (χ0n) is 17.7. The topological polar surface area (TPSA) is 68.0 Å². The summed E-state index contributed by atoms with van der Waals surface area (Å²) in [4.78, 5) is 16.4. The molecule has 3 aliphatic rings. The lowest BCUT2D eigenvalue weighted by molar-refractivity contribution is -0.286. The van der Waals surface area contributed by atoms with Crippen LogP contribution in [0.4, 0.5) is 23.2 Å². The summed E-state index contributed by atoms with van der Waals surface area (Å²) < 4.78 is 63.3. The Bertz CT molecular complexity index is 1090. The van der Waals surface area contributed by atoms with Gasteiger partial charge in [0.15, 0.2) is 23.1 Å². The van der Waals surface area contributed by atoms with Crippen molar-refractivity contribution in [3.05, 3.63) is 53.1 Å². The molecule has 1 fully saturated rings. The van der Waals surface area contributed by atoms with Gasteiger partial charge in [0.05, 0.1) is 5.69 Å². The molecule has 176 valence electrons. The van der Waals surface area contributed by atoms with Crippen LogP contribution in [0.2, 0.25) is 0 Å². The van der Waals surface area contributed by atoms with E-state index < -0.39 is 24.0 Å². The molecule has 1 aliphatic carbocycles. The molecule has 33 heavy (non-hydrogen) atoms. The van der Waals surface area contributed by atoms with E-state index in [4.69, 9.17) is 5.73 Å². The van der Waals surface area contributed by atoms with Crippen molar-refractivity contribution in [1.82, 2.24) is 4.90 Å². The van der Waals surface area contributed by atoms with Gasteiger partial charge >= 0.3 is 6.29 Å². The predicted molar refractivity (Wildman–Crippen MR) is 111 cm³/mol. The summed E-state index contributed by atoms with van der Waals surface area (Å²) in [6, 6.07) is 6.61. The van der Waals surface area contributed by atoms with E-state index in [1.165, 1.54) is 18.2 Å². The number of carbonyl (C=O) groups is 1. The molecule has 2 aromatic carbocycles. The number of anilines is 1. The molecule has 0 spiro atoms. The van der Waals surface area contributed by atoms with Crippen molar-refractivity contribution in [2.75, 3.05) is 31.1 Å². The van der Waals surface area contributed by atoms with Crippen molar-refractivity contribution in [2.24, 2.45) is 5.73 Å². The second kappa shape index (κ2) is 8.09. The number of nitrogens with zero attached hydrogens (tertiary/aromatic N) is 2. The van der Waals surface area contributed by atoms with Crippen molar-refractivity contribution in [2.45, 2.75) is 37.5 Å². The van der Waals surface area contributed by atoms with E-state index in [-0.39, 0.29) is 29.7 Å². The van der Waals surface area contributed by atoms with Gasteiger partial charge in [-0.25, -0.2) is 8.78 Å². The SMILES string of the molecule is N[C@@H](CC(=O)N1CCN(c2cccc3c2OC(F)(F)O3)CC1)[C@H]1CCc2cc(F)c(F)cc21. The summed E-state index contributed by atoms with van der Waals surface area (Å²) in [5.74, 6) is -2.13. The van der Waals surface area contributed by atoms with Crippen LogP contribution in [0.1, 0.15) is 29.9 Å².